The highest BCUT2D eigenvalue weighted by atomic mass is 16.5. The van der Waals surface area contributed by atoms with Gasteiger partial charge in [-0.25, -0.2) is 0 Å². The van der Waals surface area contributed by atoms with Gasteiger partial charge in [-0.1, -0.05) is 25.1 Å². The first-order chi connectivity index (χ1) is 9.08. The molecule has 0 aromatic carbocycles. The van der Waals surface area contributed by atoms with Crippen molar-refractivity contribution in [2.24, 2.45) is 11.7 Å². The van der Waals surface area contributed by atoms with E-state index >= 15 is 0 Å². The van der Waals surface area contributed by atoms with Crippen molar-refractivity contribution in [1.29, 1.82) is 0 Å². The van der Waals surface area contributed by atoms with E-state index in [1.54, 1.807) is 6.20 Å². The third kappa shape index (κ3) is 3.38. The van der Waals surface area contributed by atoms with Crippen molar-refractivity contribution in [3.63, 3.8) is 0 Å². The van der Waals surface area contributed by atoms with Crippen LogP contribution in [0, 0.1) is 5.92 Å². The van der Waals surface area contributed by atoms with Gasteiger partial charge in [0, 0.05) is 24.9 Å². The first-order valence-corrected chi connectivity index (χ1v) is 6.55. The van der Waals surface area contributed by atoms with Crippen LogP contribution in [-0.4, -0.2) is 21.2 Å². The summed E-state index contributed by atoms with van der Waals surface area (Å²) in [6.07, 6.45) is 4.18. The van der Waals surface area contributed by atoms with Gasteiger partial charge in [-0.3, -0.25) is 4.98 Å². The second-order valence-electron chi connectivity index (χ2n) is 5.22. The van der Waals surface area contributed by atoms with Crippen LogP contribution < -0.4 is 5.73 Å². The third-order valence-corrected chi connectivity index (χ3v) is 3.14. The van der Waals surface area contributed by atoms with Crippen molar-refractivity contribution in [3.05, 3.63) is 41.8 Å². The molecule has 2 unspecified atom stereocenters. The highest BCUT2D eigenvalue weighted by Gasteiger charge is 2.26. The molecule has 5 nitrogen and oxygen atoms in total. The molecular formula is C14H20N4O. The lowest BCUT2D eigenvalue weighted by Gasteiger charge is -2.20. The Hall–Kier alpha value is -1.75. The maximum atomic E-state index is 5.99. The van der Waals surface area contributed by atoms with Gasteiger partial charge < -0.3 is 10.3 Å². The molecule has 0 aliphatic heterocycles. The Morgan fingerprint density at radius 3 is 2.68 bits per heavy atom. The molecule has 0 saturated heterocycles. The number of hydrogen-bond acceptors (Lipinski definition) is 5. The van der Waals surface area contributed by atoms with Crippen molar-refractivity contribution in [2.45, 2.75) is 39.2 Å². The molecule has 0 aliphatic carbocycles. The first-order valence-electron chi connectivity index (χ1n) is 6.55. The average Bonchev–Trinajstić information content (AvgIpc) is 2.77. The fraction of sp³-hybridized carbons (Fsp3) is 0.500. The van der Waals surface area contributed by atoms with Crippen molar-refractivity contribution in [3.8, 4) is 0 Å². The van der Waals surface area contributed by atoms with E-state index in [4.69, 9.17) is 10.3 Å². The van der Waals surface area contributed by atoms with E-state index in [0.29, 0.717) is 24.1 Å². The predicted octanol–water partition coefficient (Wildman–Crippen LogP) is 2.14. The van der Waals surface area contributed by atoms with Gasteiger partial charge in [-0.15, -0.1) is 0 Å². The fourth-order valence-corrected chi connectivity index (χ4v) is 2.28. The number of aromatic nitrogens is 3. The molecule has 2 heterocycles. The normalized spacial score (nSPS) is 14.6. The van der Waals surface area contributed by atoms with Crippen LogP contribution in [0.1, 0.15) is 44.0 Å². The minimum absolute atomic E-state index is 0.00769. The Morgan fingerprint density at radius 2 is 2.11 bits per heavy atom. The molecule has 2 aromatic rings. The Kier molecular flexibility index (Phi) is 4.27. The van der Waals surface area contributed by atoms with Crippen LogP contribution >= 0.6 is 0 Å². The summed E-state index contributed by atoms with van der Waals surface area (Å²) in [4.78, 5) is 8.54. The lowest BCUT2D eigenvalue weighted by atomic mass is 9.90. The highest BCUT2D eigenvalue weighted by Crippen LogP contribution is 2.25. The van der Waals surface area contributed by atoms with Crippen molar-refractivity contribution in [1.82, 2.24) is 15.1 Å². The lowest BCUT2D eigenvalue weighted by Crippen LogP contribution is -2.28. The maximum Gasteiger partial charge on any atom is 0.231 e. The summed E-state index contributed by atoms with van der Waals surface area (Å²) in [7, 11) is 0. The standard InChI is InChI=1S/C14H20N4O/c1-9(2)13(10(3)15)14-17-12(18-19-14)7-11-5-4-6-16-8-11/h4-6,8-10,13H,7,15H2,1-3H3. The largest absolute Gasteiger partial charge is 0.339 e. The van der Waals surface area contributed by atoms with E-state index in [1.165, 1.54) is 0 Å². The Balaban J connectivity index is 2.14. The molecule has 5 heteroatoms. The molecule has 0 amide bonds. The van der Waals surface area contributed by atoms with Crippen LogP contribution in [0.2, 0.25) is 0 Å². The predicted molar refractivity (Wildman–Crippen MR) is 72.6 cm³/mol. The summed E-state index contributed by atoms with van der Waals surface area (Å²) >= 11 is 0. The molecule has 0 spiro atoms. The summed E-state index contributed by atoms with van der Waals surface area (Å²) in [5.41, 5.74) is 7.06. The van der Waals surface area contributed by atoms with E-state index in [-0.39, 0.29) is 12.0 Å². The lowest BCUT2D eigenvalue weighted by molar-refractivity contribution is 0.298. The molecular weight excluding hydrogens is 240 g/mol. The summed E-state index contributed by atoms with van der Waals surface area (Å²) in [5.74, 6) is 1.76. The zero-order valence-corrected chi connectivity index (χ0v) is 11.6. The summed E-state index contributed by atoms with van der Waals surface area (Å²) in [6.45, 7) is 6.19. The van der Waals surface area contributed by atoms with Gasteiger partial charge in [0.1, 0.15) is 0 Å². The Labute approximate surface area is 113 Å². The SMILES string of the molecule is CC(C)C(c1nc(Cc2cccnc2)no1)C(C)N. The Morgan fingerprint density at radius 1 is 1.32 bits per heavy atom. The summed E-state index contributed by atoms with van der Waals surface area (Å²) in [5, 5.41) is 4.03. The van der Waals surface area contributed by atoms with Crippen LogP contribution in [-0.2, 0) is 6.42 Å². The number of pyridine rings is 1. The monoisotopic (exact) mass is 260 g/mol. The second-order valence-corrected chi connectivity index (χ2v) is 5.22. The van der Waals surface area contributed by atoms with E-state index in [9.17, 15) is 0 Å². The van der Waals surface area contributed by atoms with E-state index < -0.39 is 0 Å². The van der Waals surface area contributed by atoms with Crippen LogP contribution in [0.5, 0.6) is 0 Å². The van der Waals surface area contributed by atoms with Crippen LogP contribution in [0.3, 0.4) is 0 Å². The number of nitrogens with zero attached hydrogens (tertiary/aromatic N) is 3. The molecule has 0 bridgehead atoms. The van der Waals surface area contributed by atoms with E-state index in [2.05, 4.69) is 29.0 Å². The molecule has 2 rings (SSSR count). The van der Waals surface area contributed by atoms with Gasteiger partial charge >= 0.3 is 0 Å². The minimum Gasteiger partial charge on any atom is -0.339 e. The highest BCUT2D eigenvalue weighted by molar-refractivity contribution is 5.14. The molecule has 19 heavy (non-hydrogen) atoms. The van der Waals surface area contributed by atoms with Crippen molar-refractivity contribution < 1.29 is 4.52 Å². The van der Waals surface area contributed by atoms with Crippen LogP contribution in [0.15, 0.2) is 29.0 Å². The van der Waals surface area contributed by atoms with Crippen LogP contribution in [0.25, 0.3) is 0 Å². The molecule has 0 fully saturated rings. The van der Waals surface area contributed by atoms with Gasteiger partial charge in [0.2, 0.25) is 5.89 Å². The fourth-order valence-electron chi connectivity index (χ4n) is 2.28. The molecule has 0 aliphatic rings. The molecule has 2 aromatic heterocycles. The third-order valence-electron chi connectivity index (χ3n) is 3.14. The number of nitrogens with two attached hydrogens (primary N) is 1. The quantitative estimate of drug-likeness (QED) is 0.891. The summed E-state index contributed by atoms with van der Waals surface area (Å²) in [6, 6.07) is 3.88. The zero-order valence-electron chi connectivity index (χ0n) is 11.6. The average molecular weight is 260 g/mol. The van der Waals surface area contributed by atoms with Crippen molar-refractivity contribution in [2.75, 3.05) is 0 Å². The second kappa shape index (κ2) is 5.93. The van der Waals surface area contributed by atoms with Gasteiger partial charge in [0.25, 0.3) is 0 Å². The molecule has 0 radical (unpaired) electrons. The van der Waals surface area contributed by atoms with Crippen molar-refractivity contribution >= 4 is 0 Å². The maximum absolute atomic E-state index is 5.99. The smallest absolute Gasteiger partial charge is 0.231 e. The minimum atomic E-state index is -0.00769. The summed E-state index contributed by atoms with van der Waals surface area (Å²) < 4.78 is 5.36. The van der Waals surface area contributed by atoms with Gasteiger partial charge in [-0.05, 0) is 24.5 Å². The first kappa shape index (κ1) is 13.7. The van der Waals surface area contributed by atoms with Gasteiger partial charge in [-0.2, -0.15) is 4.98 Å². The molecule has 102 valence electrons. The van der Waals surface area contributed by atoms with E-state index in [1.807, 2.05) is 25.3 Å². The van der Waals surface area contributed by atoms with E-state index in [0.717, 1.165) is 5.56 Å². The Bertz CT molecular complexity index is 499. The molecule has 0 saturated carbocycles. The van der Waals surface area contributed by atoms with Crippen LogP contribution in [0.4, 0.5) is 0 Å². The van der Waals surface area contributed by atoms with Gasteiger partial charge in [0.15, 0.2) is 5.82 Å². The molecule has 2 N–H and O–H groups in total. The number of hydrogen-bond donors (Lipinski definition) is 1. The molecule has 2 atom stereocenters. The number of rotatable bonds is 5. The van der Waals surface area contributed by atoms with Gasteiger partial charge in [0.05, 0.1) is 5.92 Å². The zero-order chi connectivity index (χ0) is 13.8. The topological polar surface area (TPSA) is 77.8 Å².